The Hall–Kier alpha value is -2.92. The number of hydrogen-bond acceptors (Lipinski definition) is 5. The predicted molar refractivity (Wildman–Crippen MR) is 138 cm³/mol. The predicted octanol–water partition coefficient (Wildman–Crippen LogP) is 5.60. The molecule has 3 aliphatic rings. The Morgan fingerprint density at radius 2 is 1.69 bits per heavy atom. The quantitative estimate of drug-likeness (QED) is 0.462. The van der Waals surface area contributed by atoms with Crippen LogP contribution in [0.4, 0.5) is 4.39 Å². The van der Waals surface area contributed by atoms with Gasteiger partial charge in [0.1, 0.15) is 24.0 Å². The van der Waals surface area contributed by atoms with Crippen LogP contribution in [0.2, 0.25) is 0 Å². The van der Waals surface area contributed by atoms with Crippen LogP contribution in [0, 0.1) is 18.7 Å². The molecule has 192 valence electrons. The second-order valence-corrected chi connectivity index (χ2v) is 9.16. The van der Waals surface area contributed by atoms with E-state index in [4.69, 9.17) is 14.2 Å². The topological polar surface area (TPSA) is 76.6 Å². The van der Waals surface area contributed by atoms with Gasteiger partial charge in [0.2, 0.25) is 0 Å². The van der Waals surface area contributed by atoms with Crippen molar-refractivity contribution in [3.63, 3.8) is 0 Å². The van der Waals surface area contributed by atoms with Crippen LogP contribution in [0.3, 0.4) is 0 Å². The Balaban J connectivity index is 0.000000726. The molecule has 1 aliphatic carbocycles. The van der Waals surface area contributed by atoms with E-state index in [1.54, 1.807) is 6.07 Å². The molecule has 6 nitrogen and oxygen atoms in total. The van der Waals surface area contributed by atoms with Crippen LogP contribution >= 0.6 is 0 Å². The van der Waals surface area contributed by atoms with E-state index in [9.17, 15) is 9.50 Å². The molecule has 0 spiro atoms. The molecule has 3 aromatic rings. The number of aromatic nitrogens is 2. The van der Waals surface area contributed by atoms with Gasteiger partial charge in [-0.25, -0.2) is 9.37 Å². The second-order valence-electron chi connectivity index (χ2n) is 9.16. The van der Waals surface area contributed by atoms with E-state index in [-0.39, 0.29) is 30.7 Å². The Bertz CT molecular complexity index is 1150. The van der Waals surface area contributed by atoms with E-state index in [2.05, 4.69) is 34.9 Å². The molecule has 0 amide bonds. The summed E-state index contributed by atoms with van der Waals surface area (Å²) >= 11 is 0. The summed E-state index contributed by atoms with van der Waals surface area (Å²) in [7, 11) is 0. The van der Waals surface area contributed by atoms with Gasteiger partial charge >= 0.3 is 0 Å². The van der Waals surface area contributed by atoms with E-state index in [0.29, 0.717) is 35.1 Å². The van der Waals surface area contributed by atoms with Crippen molar-refractivity contribution in [2.75, 3.05) is 13.2 Å². The number of benzene rings is 1. The lowest BCUT2D eigenvalue weighted by Crippen LogP contribution is -2.34. The largest absolute Gasteiger partial charge is 0.470 e. The molecule has 6 rings (SSSR count). The lowest BCUT2D eigenvalue weighted by Gasteiger charge is -2.22. The number of aliphatic hydroxyl groups excluding tert-OH is 1. The Kier molecular flexibility index (Phi) is 8.63. The van der Waals surface area contributed by atoms with Crippen LogP contribution in [0.15, 0.2) is 36.4 Å². The number of ether oxygens (including phenoxy) is 3. The Morgan fingerprint density at radius 1 is 1.00 bits per heavy atom. The molecule has 1 saturated carbocycles. The number of hydrogen-bond donors (Lipinski definition) is 2. The van der Waals surface area contributed by atoms with Crippen LogP contribution < -0.4 is 4.74 Å². The van der Waals surface area contributed by atoms with E-state index in [0.717, 1.165) is 5.56 Å². The fourth-order valence-electron chi connectivity index (χ4n) is 5.33. The molecule has 7 heteroatoms. The molecule has 1 unspecified atom stereocenters. The average Bonchev–Trinajstić information content (AvgIpc) is 3.63. The third-order valence-corrected chi connectivity index (χ3v) is 7.05. The molecule has 4 heterocycles. The maximum atomic E-state index is 14.9. The summed E-state index contributed by atoms with van der Waals surface area (Å²) in [6, 6.07) is 11.4. The highest BCUT2D eigenvalue weighted by molar-refractivity contribution is 5.80. The van der Waals surface area contributed by atoms with Crippen molar-refractivity contribution >= 4 is 11.0 Å². The average molecular weight is 495 g/mol. The zero-order chi connectivity index (χ0) is 25.7. The number of aliphatic hydroxyl groups is 1. The maximum Gasteiger partial charge on any atom is 0.193 e. The van der Waals surface area contributed by atoms with Crippen LogP contribution in [0.5, 0.6) is 5.88 Å². The van der Waals surface area contributed by atoms with Crippen molar-refractivity contribution < 1.29 is 23.7 Å². The first-order valence-electron chi connectivity index (χ1n) is 12.9. The molecule has 0 radical (unpaired) electrons. The molecule has 1 aromatic carbocycles. The highest BCUT2D eigenvalue weighted by Crippen LogP contribution is 2.35. The third kappa shape index (κ3) is 5.27. The number of fused-ring (bicyclic) bond motifs is 2. The van der Waals surface area contributed by atoms with Gasteiger partial charge in [0.15, 0.2) is 17.8 Å². The third-order valence-electron chi connectivity index (χ3n) is 7.05. The second kappa shape index (κ2) is 11.9. The SMILES string of the molecule is C#C.CC.O[C@@H]1CO[C@H]2C1OC[C@H]2Oc1cc2nc(-c3ccc(C4CCCCC4)cc3)c(F)cc2[nH]1. The number of H-pyrrole nitrogens is 1. The molecular formula is C29H35FN2O4. The lowest BCUT2D eigenvalue weighted by molar-refractivity contribution is 0.00794. The normalized spacial score (nSPS) is 25.4. The smallest absolute Gasteiger partial charge is 0.193 e. The number of nitrogens with zero attached hydrogens (tertiary/aromatic N) is 1. The summed E-state index contributed by atoms with van der Waals surface area (Å²) < 4.78 is 32.1. The van der Waals surface area contributed by atoms with Gasteiger partial charge in [-0.2, -0.15) is 0 Å². The summed E-state index contributed by atoms with van der Waals surface area (Å²) in [6.07, 6.45) is 12.8. The zero-order valence-corrected chi connectivity index (χ0v) is 21.0. The van der Waals surface area contributed by atoms with Gasteiger partial charge in [-0.15, -0.1) is 12.8 Å². The minimum Gasteiger partial charge on any atom is -0.470 e. The minimum atomic E-state index is -0.626. The zero-order valence-electron chi connectivity index (χ0n) is 21.0. The van der Waals surface area contributed by atoms with Crippen LogP contribution in [-0.4, -0.2) is 52.7 Å². The standard InChI is InChI=1S/C25H27FN2O4.C2H6.C2H2/c26-17-10-18-19(11-22(27-18)32-21-13-31-24-20(29)12-30-25(21)24)28-23(17)16-8-6-15(7-9-16)14-4-2-1-3-5-14;2*1-2/h6-11,14,20-21,24-25,27,29H,1-5,12-13H2;1-2H3;1-2H/t20-,21-,24?,25-;;/m1../s1. The number of terminal acetylenes is 1. The van der Waals surface area contributed by atoms with Crippen molar-refractivity contribution in [3.8, 4) is 30.0 Å². The lowest BCUT2D eigenvalue weighted by atomic mass is 9.84. The van der Waals surface area contributed by atoms with E-state index in [1.165, 1.54) is 43.7 Å². The van der Waals surface area contributed by atoms with Gasteiger partial charge in [0.25, 0.3) is 0 Å². The van der Waals surface area contributed by atoms with Crippen molar-refractivity contribution in [1.82, 2.24) is 9.97 Å². The van der Waals surface area contributed by atoms with Crippen LogP contribution in [-0.2, 0) is 9.47 Å². The van der Waals surface area contributed by atoms with Crippen molar-refractivity contribution in [3.05, 3.63) is 47.8 Å². The number of halogens is 1. The van der Waals surface area contributed by atoms with Gasteiger partial charge < -0.3 is 24.3 Å². The molecule has 4 atom stereocenters. The molecule has 36 heavy (non-hydrogen) atoms. The van der Waals surface area contributed by atoms with Gasteiger partial charge in [0.05, 0.1) is 24.2 Å². The maximum absolute atomic E-state index is 14.9. The monoisotopic (exact) mass is 494 g/mol. The molecule has 2 aliphatic heterocycles. The first kappa shape index (κ1) is 26.2. The molecule has 3 fully saturated rings. The number of aromatic amines is 1. The van der Waals surface area contributed by atoms with Gasteiger partial charge in [-0.05, 0) is 24.3 Å². The summed E-state index contributed by atoms with van der Waals surface area (Å²) in [5.74, 6) is 0.727. The van der Waals surface area contributed by atoms with Crippen molar-refractivity contribution in [1.29, 1.82) is 0 Å². The molecule has 2 N–H and O–H groups in total. The van der Waals surface area contributed by atoms with E-state index in [1.807, 2.05) is 26.0 Å². The number of rotatable bonds is 4. The van der Waals surface area contributed by atoms with Crippen LogP contribution in [0.25, 0.3) is 22.3 Å². The summed E-state index contributed by atoms with van der Waals surface area (Å²) in [6.45, 7) is 4.58. The van der Waals surface area contributed by atoms with Gasteiger partial charge in [-0.3, -0.25) is 0 Å². The number of nitrogens with one attached hydrogen (secondary N) is 1. The fraction of sp³-hybridized carbons (Fsp3) is 0.483. The molecule has 2 saturated heterocycles. The summed E-state index contributed by atoms with van der Waals surface area (Å²) in [4.78, 5) is 7.66. The van der Waals surface area contributed by atoms with Gasteiger partial charge in [0, 0.05) is 17.7 Å². The fourth-order valence-corrected chi connectivity index (χ4v) is 5.33. The van der Waals surface area contributed by atoms with Crippen molar-refractivity contribution in [2.45, 2.75) is 76.3 Å². The Labute approximate surface area is 212 Å². The van der Waals surface area contributed by atoms with Crippen molar-refractivity contribution in [2.24, 2.45) is 0 Å². The summed E-state index contributed by atoms with van der Waals surface area (Å²) in [5.41, 5.74) is 3.65. The highest BCUT2D eigenvalue weighted by atomic mass is 19.1. The van der Waals surface area contributed by atoms with Gasteiger partial charge in [-0.1, -0.05) is 57.4 Å². The first-order valence-corrected chi connectivity index (χ1v) is 12.9. The first-order chi connectivity index (χ1) is 17.7. The molecular weight excluding hydrogens is 459 g/mol. The number of pyridine rings is 1. The highest BCUT2D eigenvalue weighted by Gasteiger charge is 2.48. The van der Waals surface area contributed by atoms with E-state index < -0.39 is 6.10 Å². The molecule has 0 bridgehead atoms. The van der Waals surface area contributed by atoms with E-state index >= 15 is 0 Å². The minimum absolute atomic E-state index is 0.248. The Morgan fingerprint density at radius 3 is 2.42 bits per heavy atom. The van der Waals surface area contributed by atoms with Crippen LogP contribution in [0.1, 0.15) is 57.4 Å². The summed E-state index contributed by atoms with van der Waals surface area (Å²) in [5, 5.41) is 9.89. The molecule has 2 aromatic heterocycles.